The highest BCUT2D eigenvalue weighted by molar-refractivity contribution is 7.99. The molecule has 2 aliphatic heterocycles. The zero-order chi connectivity index (χ0) is 20.2. The normalized spacial score (nSPS) is 16.9. The third kappa shape index (κ3) is 4.31. The Hall–Kier alpha value is -2.38. The van der Waals surface area contributed by atoms with Crippen molar-refractivity contribution in [1.82, 2.24) is 14.8 Å². The topological polar surface area (TPSA) is 56.8 Å². The van der Waals surface area contributed by atoms with Crippen molar-refractivity contribution in [1.29, 1.82) is 0 Å². The minimum absolute atomic E-state index is 0.0242. The van der Waals surface area contributed by atoms with Gasteiger partial charge in [-0.1, -0.05) is 30.8 Å². The summed E-state index contributed by atoms with van der Waals surface area (Å²) in [4.78, 5) is 37.3. The maximum Gasteiger partial charge on any atom is 0.259 e. The Morgan fingerprint density at radius 2 is 1.90 bits per heavy atom. The van der Waals surface area contributed by atoms with Gasteiger partial charge in [-0.25, -0.2) is 4.98 Å². The molecule has 0 atom stereocenters. The summed E-state index contributed by atoms with van der Waals surface area (Å²) in [7, 11) is 0. The van der Waals surface area contributed by atoms with Gasteiger partial charge in [0.25, 0.3) is 5.91 Å². The van der Waals surface area contributed by atoms with Crippen LogP contribution in [0.2, 0.25) is 0 Å². The molecule has 29 heavy (non-hydrogen) atoms. The highest BCUT2D eigenvalue weighted by Crippen LogP contribution is 2.39. The summed E-state index contributed by atoms with van der Waals surface area (Å²) in [6.45, 7) is 7.18. The van der Waals surface area contributed by atoms with E-state index in [2.05, 4.69) is 16.8 Å². The van der Waals surface area contributed by atoms with Crippen LogP contribution in [0, 0.1) is 0 Å². The predicted octanol–water partition coefficient (Wildman–Crippen LogP) is 3.14. The van der Waals surface area contributed by atoms with Crippen LogP contribution in [-0.4, -0.2) is 65.9 Å². The third-order valence-electron chi connectivity index (χ3n) is 5.56. The van der Waals surface area contributed by atoms with Gasteiger partial charge in [0.05, 0.1) is 11.3 Å². The number of carbonyl (C=O) groups is 2. The fourth-order valence-corrected chi connectivity index (χ4v) is 4.86. The number of hydrogen-bond donors (Lipinski definition) is 0. The number of nitrogens with zero attached hydrogens (tertiary/aromatic N) is 4. The van der Waals surface area contributed by atoms with Gasteiger partial charge >= 0.3 is 0 Å². The van der Waals surface area contributed by atoms with Gasteiger partial charge in [0.2, 0.25) is 5.91 Å². The molecule has 0 N–H and O–H groups in total. The van der Waals surface area contributed by atoms with E-state index < -0.39 is 0 Å². The molecular weight excluding hydrogens is 384 g/mol. The van der Waals surface area contributed by atoms with E-state index in [-0.39, 0.29) is 11.8 Å². The summed E-state index contributed by atoms with van der Waals surface area (Å²) in [5, 5.41) is 0.827. The molecule has 0 saturated carbocycles. The second kappa shape index (κ2) is 8.97. The number of rotatable bonds is 5. The molecule has 6 nitrogen and oxygen atoms in total. The van der Waals surface area contributed by atoms with E-state index in [0.717, 1.165) is 48.3 Å². The monoisotopic (exact) mass is 410 g/mol. The lowest BCUT2D eigenvalue weighted by Gasteiger charge is -2.34. The third-order valence-corrected chi connectivity index (χ3v) is 6.64. The Labute approximate surface area is 175 Å². The van der Waals surface area contributed by atoms with Crippen molar-refractivity contribution < 1.29 is 9.59 Å². The Kier molecular flexibility index (Phi) is 6.16. The first-order chi connectivity index (χ1) is 14.2. The zero-order valence-corrected chi connectivity index (χ0v) is 17.5. The fourth-order valence-electron chi connectivity index (χ4n) is 3.84. The average molecular weight is 411 g/mol. The lowest BCUT2D eigenvalue weighted by atomic mass is 10.1. The van der Waals surface area contributed by atoms with Gasteiger partial charge in [0.15, 0.2) is 0 Å². The van der Waals surface area contributed by atoms with Crippen LogP contribution in [0.4, 0.5) is 5.69 Å². The Morgan fingerprint density at radius 1 is 1.10 bits per heavy atom. The second-order valence-electron chi connectivity index (χ2n) is 7.30. The molecule has 1 saturated heterocycles. The average Bonchev–Trinajstić information content (AvgIpc) is 2.88. The lowest BCUT2D eigenvalue weighted by Crippen LogP contribution is -2.48. The van der Waals surface area contributed by atoms with Gasteiger partial charge in [-0.3, -0.25) is 9.59 Å². The number of benzene rings is 1. The minimum atomic E-state index is -0.0242. The first-order valence-corrected chi connectivity index (χ1v) is 11.0. The number of aromatic nitrogens is 1. The first kappa shape index (κ1) is 19.9. The van der Waals surface area contributed by atoms with Gasteiger partial charge < -0.3 is 14.7 Å². The molecule has 3 heterocycles. The maximum absolute atomic E-state index is 13.2. The van der Waals surface area contributed by atoms with Crippen LogP contribution in [0.3, 0.4) is 0 Å². The predicted molar refractivity (Wildman–Crippen MR) is 114 cm³/mol. The quantitative estimate of drug-likeness (QED) is 0.758. The van der Waals surface area contributed by atoms with E-state index >= 15 is 0 Å². The Morgan fingerprint density at radius 3 is 2.69 bits per heavy atom. The van der Waals surface area contributed by atoms with Gasteiger partial charge in [-0.2, -0.15) is 0 Å². The van der Waals surface area contributed by atoms with Crippen LogP contribution in [0.25, 0.3) is 0 Å². The summed E-state index contributed by atoms with van der Waals surface area (Å²) in [6, 6.07) is 11.4. The number of pyridine rings is 1. The van der Waals surface area contributed by atoms with Gasteiger partial charge in [-0.05, 0) is 37.2 Å². The van der Waals surface area contributed by atoms with Crippen LogP contribution in [0.15, 0.2) is 52.5 Å². The molecule has 2 aromatic rings. The van der Waals surface area contributed by atoms with Crippen LogP contribution in [0.1, 0.15) is 30.1 Å². The second-order valence-corrected chi connectivity index (χ2v) is 8.33. The first-order valence-electron chi connectivity index (χ1n) is 10.2. The molecule has 0 radical (unpaired) electrons. The Balaban J connectivity index is 1.44. The molecule has 1 aromatic carbocycles. The number of hydrogen-bond acceptors (Lipinski definition) is 5. The summed E-state index contributed by atoms with van der Waals surface area (Å²) in [5.74, 6) is 0.160. The molecule has 152 valence electrons. The van der Waals surface area contributed by atoms with E-state index in [1.807, 2.05) is 41.3 Å². The van der Waals surface area contributed by atoms with Crippen molar-refractivity contribution in [3.63, 3.8) is 0 Å². The molecule has 0 bridgehead atoms. The number of piperazine rings is 1. The highest BCUT2D eigenvalue weighted by atomic mass is 32.2. The molecular formula is C22H26N4O2S. The van der Waals surface area contributed by atoms with Crippen molar-refractivity contribution in [2.75, 3.05) is 44.2 Å². The van der Waals surface area contributed by atoms with E-state index in [0.29, 0.717) is 24.9 Å². The van der Waals surface area contributed by atoms with Crippen LogP contribution in [-0.2, 0) is 4.79 Å². The van der Waals surface area contributed by atoms with E-state index in [1.54, 1.807) is 11.1 Å². The van der Waals surface area contributed by atoms with Crippen molar-refractivity contribution >= 4 is 29.3 Å². The summed E-state index contributed by atoms with van der Waals surface area (Å²) in [5.41, 5.74) is 1.51. The molecule has 1 fully saturated rings. The van der Waals surface area contributed by atoms with Crippen LogP contribution < -0.4 is 4.90 Å². The molecule has 0 unspecified atom stereocenters. The van der Waals surface area contributed by atoms with E-state index in [4.69, 9.17) is 0 Å². The molecule has 2 aliphatic rings. The van der Waals surface area contributed by atoms with Gasteiger partial charge in [0.1, 0.15) is 5.03 Å². The van der Waals surface area contributed by atoms with Crippen molar-refractivity contribution in [3.05, 3.63) is 48.2 Å². The van der Waals surface area contributed by atoms with Crippen molar-refractivity contribution in [3.8, 4) is 0 Å². The molecule has 7 heteroatoms. The van der Waals surface area contributed by atoms with Crippen molar-refractivity contribution in [2.45, 2.75) is 29.7 Å². The number of fused-ring (bicyclic) bond motifs is 2. The lowest BCUT2D eigenvalue weighted by molar-refractivity contribution is -0.133. The number of amides is 2. The van der Waals surface area contributed by atoms with E-state index in [1.165, 1.54) is 11.8 Å². The Bertz CT molecular complexity index is 896. The summed E-state index contributed by atoms with van der Waals surface area (Å²) in [6.07, 6.45) is 2.85. The largest absolute Gasteiger partial charge is 0.340 e. The molecule has 2 amide bonds. The molecule has 1 aromatic heterocycles. The fraction of sp³-hybridized carbons (Fsp3) is 0.409. The smallest absolute Gasteiger partial charge is 0.259 e. The van der Waals surface area contributed by atoms with Crippen LogP contribution >= 0.6 is 11.8 Å². The van der Waals surface area contributed by atoms with E-state index in [9.17, 15) is 9.59 Å². The number of anilines is 1. The number of carbonyl (C=O) groups excluding carboxylic acids is 2. The molecule has 4 rings (SSSR count). The SMILES string of the molecule is CCN1CCN(C(=O)CCCN2C(=O)c3ccccc3Sc3ncccc32)CC1. The standard InChI is InChI=1S/C22H26N4O2S/c1-2-24-13-15-25(16-14-24)20(27)10-6-12-26-18-8-5-11-23-21(18)29-19-9-4-3-7-17(19)22(26)28/h3-5,7-9,11H,2,6,10,12-16H2,1H3. The highest BCUT2D eigenvalue weighted by Gasteiger charge is 2.28. The summed E-state index contributed by atoms with van der Waals surface area (Å²) < 4.78 is 0. The molecule has 0 aliphatic carbocycles. The molecule has 0 spiro atoms. The maximum atomic E-state index is 13.2. The number of likely N-dealkylation sites (N-methyl/N-ethyl adjacent to an activating group) is 1. The zero-order valence-electron chi connectivity index (χ0n) is 16.7. The minimum Gasteiger partial charge on any atom is -0.340 e. The van der Waals surface area contributed by atoms with Crippen molar-refractivity contribution in [2.24, 2.45) is 0 Å². The van der Waals surface area contributed by atoms with Crippen LogP contribution in [0.5, 0.6) is 0 Å². The van der Waals surface area contributed by atoms with Gasteiger partial charge in [-0.15, -0.1) is 0 Å². The van der Waals surface area contributed by atoms with Gasteiger partial charge in [0, 0.05) is 50.2 Å². The summed E-state index contributed by atoms with van der Waals surface area (Å²) >= 11 is 1.52.